The van der Waals surface area contributed by atoms with Crippen molar-refractivity contribution in [2.24, 2.45) is 0 Å². The molecular weight excluding hydrogens is 258 g/mol. The summed E-state index contributed by atoms with van der Waals surface area (Å²) in [4.78, 5) is 8.10. The second-order valence-electron chi connectivity index (χ2n) is 4.16. The fourth-order valence-electron chi connectivity index (χ4n) is 2.04. The Balaban J connectivity index is 2.25. The Hall–Kier alpha value is -2.83. The maximum atomic E-state index is 5.91. The lowest BCUT2D eigenvalue weighted by atomic mass is 10.1. The van der Waals surface area contributed by atoms with Crippen molar-refractivity contribution in [3.63, 3.8) is 0 Å². The zero-order chi connectivity index (χ0) is 14.1. The SMILES string of the molecule is COc1cc(OC)cc(-c2n[nH]c3ncnc(N)c23)c1. The summed E-state index contributed by atoms with van der Waals surface area (Å²) in [6.07, 6.45) is 1.39. The van der Waals surface area contributed by atoms with Gasteiger partial charge in [0, 0.05) is 11.6 Å². The molecule has 7 heteroatoms. The van der Waals surface area contributed by atoms with Crippen molar-refractivity contribution in [3.8, 4) is 22.8 Å². The molecule has 0 fully saturated rings. The smallest absolute Gasteiger partial charge is 0.161 e. The van der Waals surface area contributed by atoms with Crippen molar-refractivity contribution in [2.45, 2.75) is 0 Å². The molecule has 1 aromatic carbocycles. The molecule has 0 radical (unpaired) electrons. The number of hydrogen-bond acceptors (Lipinski definition) is 6. The van der Waals surface area contributed by atoms with Crippen LogP contribution in [0, 0.1) is 0 Å². The van der Waals surface area contributed by atoms with Gasteiger partial charge in [-0.15, -0.1) is 0 Å². The summed E-state index contributed by atoms with van der Waals surface area (Å²) in [5, 5.41) is 7.78. The van der Waals surface area contributed by atoms with Crippen LogP contribution in [-0.4, -0.2) is 34.4 Å². The standard InChI is InChI=1S/C13H13N5O2/c1-19-8-3-7(4-9(5-8)20-2)11-10-12(14)15-6-16-13(10)18-17-11/h3-6H,1-2H3,(H3,14,15,16,17,18). The number of benzene rings is 1. The number of H-pyrrole nitrogens is 1. The van der Waals surface area contributed by atoms with E-state index in [2.05, 4.69) is 20.2 Å². The van der Waals surface area contributed by atoms with E-state index in [0.29, 0.717) is 34.0 Å². The molecule has 0 atom stereocenters. The molecule has 2 heterocycles. The van der Waals surface area contributed by atoms with E-state index in [1.54, 1.807) is 20.3 Å². The number of ether oxygens (including phenoxy) is 2. The first-order chi connectivity index (χ1) is 9.72. The monoisotopic (exact) mass is 271 g/mol. The molecule has 0 bridgehead atoms. The van der Waals surface area contributed by atoms with Crippen molar-refractivity contribution in [1.29, 1.82) is 0 Å². The number of nitrogens with one attached hydrogen (secondary N) is 1. The number of aromatic amines is 1. The third-order valence-electron chi connectivity index (χ3n) is 3.01. The number of fused-ring (bicyclic) bond motifs is 1. The van der Waals surface area contributed by atoms with E-state index < -0.39 is 0 Å². The number of anilines is 1. The van der Waals surface area contributed by atoms with Gasteiger partial charge < -0.3 is 15.2 Å². The highest BCUT2D eigenvalue weighted by molar-refractivity contribution is 5.98. The van der Waals surface area contributed by atoms with Crippen LogP contribution in [0.5, 0.6) is 11.5 Å². The molecule has 0 aliphatic heterocycles. The predicted octanol–water partition coefficient (Wildman–Crippen LogP) is 1.62. The van der Waals surface area contributed by atoms with E-state index in [0.717, 1.165) is 5.56 Å². The summed E-state index contributed by atoms with van der Waals surface area (Å²) in [5.41, 5.74) is 7.97. The lowest BCUT2D eigenvalue weighted by Crippen LogP contribution is -1.93. The third kappa shape index (κ3) is 1.89. The Labute approximate surface area is 114 Å². The number of aromatic nitrogens is 4. The molecule has 0 spiro atoms. The molecule has 2 aromatic heterocycles. The molecule has 0 saturated heterocycles. The van der Waals surface area contributed by atoms with Gasteiger partial charge in [0.1, 0.15) is 29.3 Å². The molecule has 0 aliphatic rings. The Morgan fingerprint density at radius 3 is 2.40 bits per heavy atom. The summed E-state index contributed by atoms with van der Waals surface area (Å²) in [5.74, 6) is 1.72. The van der Waals surface area contributed by atoms with Gasteiger partial charge in [-0.1, -0.05) is 0 Å². The second-order valence-corrected chi connectivity index (χ2v) is 4.16. The minimum atomic E-state index is 0.375. The van der Waals surface area contributed by atoms with Crippen LogP contribution in [-0.2, 0) is 0 Å². The van der Waals surface area contributed by atoms with Gasteiger partial charge in [-0.2, -0.15) is 5.10 Å². The van der Waals surface area contributed by atoms with Crippen molar-refractivity contribution in [2.75, 3.05) is 20.0 Å². The van der Waals surface area contributed by atoms with Crippen LogP contribution in [0.4, 0.5) is 5.82 Å². The molecule has 0 aliphatic carbocycles. The molecule has 3 aromatic rings. The molecule has 0 saturated carbocycles. The summed E-state index contributed by atoms with van der Waals surface area (Å²) in [7, 11) is 3.19. The van der Waals surface area contributed by atoms with Crippen molar-refractivity contribution < 1.29 is 9.47 Å². The lowest BCUT2D eigenvalue weighted by Gasteiger charge is -2.07. The fraction of sp³-hybridized carbons (Fsp3) is 0.154. The normalized spacial score (nSPS) is 10.7. The molecule has 7 nitrogen and oxygen atoms in total. The van der Waals surface area contributed by atoms with Crippen molar-refractivity contribution in [1.82, 2.24) is 20.2 Å². The highest BCUT2D eigenvalue weighted by atomic mass is 16.5. The van der Waals surface area contributed by atoms with Crippen LogP contribution < -0.4 is 15.2 Å². The van der Waals surface area contributed by atoms with Gasteiger partial charge in [0.2, 0.25) is 0 Å². The predicted molar refractivity (Wildman–Crippen MR) is 74.6 cm³/mol. The van der Waals surface area contributed by atoms with Crippen LogP contribution in [0.3, 0.4) is 0 Å². The largest absolute Gasteiger partial charge is 0.497 e. The third-order valence-corrected chi connectivity index (χ3v) is 3.01. The van der Waals surface area contributed by atoms with Crippen molar-refractivity contribution in [3.05, 3.63) is 24.5 Å². The fourth-order valence-corrected chi connectivity index (χ4v) is 2.04. The van der Waals surface area contributed by atoms with Crippen LogP contribution in [0.2, 0.25) is 0 Å². The van der Waals surface area contributed by atoms with Crippen LogP contribution in [0.15, 0.2) is 24.5 Å². The lowest BCUT2D eigenvalue weighted by molar-refractivity contribution is 0.394. The summed E-state index contributed by atoms with van der Waals surface area (Å²) in [6, 6.07) is 5.49. The van der Waals surface area contributed by atoms with Crippen molar-refractivity contribution >= 4 is 16.9 Å². The summed E-state index contributed by atoms with van der Waals surface area (Å²) in [6.45, 7) is 0. The van der Waals surface area contributed by atoms with Gasteiger partial charge in [0.15, 0.2) is 5.65 Å². The molecule has 3 N–H and O–H groups in total. The topological polar surface area (TPSA) is 98.9 Å². The molecule has 20 heavy (non-hydrogen) atoms. The number of nitrogens with zero attached hydrogens (tertiary/aromatic N) is 3. The molecule has 102 valence electrons. The zero-order valence-corrected chi connectivity index (χ0v) is 11.0. The Morgan fingerprint density at radius 1 is 1.05 bits per heavy atom. The van der Waals surface area contributed by atoms with Gasteiger partial charge in [-0.05, 0) is 12.1 Å². The van der Waals surface area contributed by atoms with Gasteiger partial charge >= 0.3 is 0 Å². The Morgan fingerprint density at radius 2 is 1.75 bits per heavy atom. The quantitative estimate of drug-likeness (QED) is 0.751. The second kappa shape index (κ2) is 4.69. The van der Waals surface area contributed by atoms with E-state index in [1.165, 1.54) is 6.33 Å². The van der Waals surface area contributed by atoms with E-state index in [-0.39, 0.29) is 0 Å². The van der Waals surface area contributed by atoms with Gasteiger partial charge in [-0.25, -0.2) is 9.97 Å². The Kier molecular flexibility index (Phi) is 2.86. The number of rotatable bonds is 3. The molecule has 0 unspecified atom stereocenters. The number of nitrogen functional groups attached to an aromatic ring is 1. The van der Waals surface area contributed by atoms with E-state index in [1.807, 2.05) is 12.1 Å². The minimum absolute atomic E-state index is 0.375. The zero-order valence-electron chi connectivity index (χ0n) is 11.0. The Bertz CT molecular complexity index is 746. The highest BCUT2D eigenvalue weighted by Gasteiger charge is 2.14. The maximum Gasteiger partial charge on any atom is 0.161 e. The minimum Gasteiger partial charge on any atom is -0.497 e. The average Bonchev–Trinajstić information content (AvgIpc) is 2.92. The van der Waals surface area contributed by atoms with Gasteiger partial charge in [0.05, 0.1) is 19.6 Å². The molecule has 3 rings (SSSR count). The number of methoxy groups -OCH3 is 2. The number of hydrogen-bond donors (Lipinski definition) is 2. The summed E-state index contributed by atoms with van der Waals surface area (Å²) >= 11 is 0. The first-order valence-corrected chi connectivity index (χ1v) is 5.91. The van der Waals surface area contributed by atoms with E-state index >= 15 is 0 Å². The number of nitrogens with two attached hydrogens (primary N) is 1. The molecule has 0 amide bonds. The van der Waals surface area contributed by atoms with Gasteiger partial charge in [-0.3, -0.25) is 5.10 Å². The average molecular weight is 271 g/mol. The first kappa shape index (κ1) is 12.2. The van der Waals surface area contributed by atoms with Crippen LogP contribution >= 0.6 is 0 Å². The van der Waals surface area contributed by atoms with E-state index in [9.17, 15) is 0 Å². The molecular formula is C13H13N5O2. The summed E-state index contributed by atoms with van der Waals surface area (Å²) < 4.78 is 10.5. The highest BCUT2D eigenvalue weighted by Crippen LogP contribution is 2.33. The van der Waals surface area contributed by atoms with Crippen LogP contribution in [0.25, 0.3) is 22.3 Å². The van der Waals surface area contributed by atoms with Crippen LogP contribution in [0.1, 0.15) is 0 Å². The maximum absolute atomic E-state index is 5.91. The van der Waals surface area contributed by atoms with Gasteiger partial charge in [0.25, 0.3) is 0 Å². The van der Waals surface area contributed by atoms with E-state index in [4.69, 9.17) is 15.2 Å². The first-order valence-electron chi connectivity index (χ1n) is 5.91.